The Bertz CT molecular complexity index is 231. The quantitative estimate of drug-likeness (QED) is 0.575. The van der Waals surface area contributed by atoms with Crippen LogP contribution in [0.3, 0.4) is 0 Å². The van der Waals surface area contributed by atoms with Gasteiger partial charge in [0.05, 0.1) is 11.1 Å². The number of nitrogens with two attached hydrogens (primary N) is 1. The molecule has 0 aromatic rings. The Kier molecular flexibility index (Phi) is 2.10. The molecule has 0 radical (unpaired) electrons. The largest absolute Gasteiger partial charge is 0.388 e. The van der Waals surface area contributed by atoms with Gasteiger partial charge in [0.25, 0.3) is 5.92 Å². The van der Waals surface area contributed by atoms with Crippen LogP contribution in [-0.4, -0.2) is 35.3 Å². The second-order valence-electron chi connectivity index (χ2n) is 4.65. The second-order valence-corrected chi connectivity index (χ2v) is 4.65. The van der Waals surface area contributed by atoms with E-state index in [1.807, 2.05) is 0 Å². The number of piperidine rings is 1. The fourth-order valence-corrected chi connectivity index (χ4v) is 2.54. The molecule has 0 spiro atoms. The summed E-state index contributed by atoms with van der Waals surface area (Å²) in [6.45, 7) is 1.31. The highest BCUT2D eigenvalue weighted by atomic mass is 19.3. The van der Waals surface area contributed by atoms with Crippen molar-refractivity contribution in [2.45, 2.75) is 42.7 Å². The third-order valence-electron chi connectivity index (χ3n) is 3.51. The van der Waals surface area contributed by atoms with Crippen molar-refractivity contribution in [2.75, 3.05) is 13.1 Å². The standard InChI is InChI=1S/C9H16F2N2O/c10-9(11)5-7(12,6-9)8(14)1-3-13-4-2-8/h13-14H,1-6,12H2. The van der Waals surface area contributed by atoms with Crippen molar-refractivity contribution in [1.82, 2.24) is 5.32 Å². The maximum absolute atomic E-state index is 12.8. The van der Waals surface area contributed by atoms with Gasteiger partial charge >= 0.3 is 0 Å². The first-order valence-electron chi connectivity index (χ1n) is 4.97. The predicted octanol–water partition coefficient (Wildman–Crippen LogP) is 0.227. The minimum Gasteiger partial charge on any atom is -0.388 e. The van der Waals surface area contributed by atoms with Crippen molar-refractivity contribution in [3.8, 4) is 0 Å². The molecule has 0 aromatic heterocycles. The molecule has 0 unspecified atom stereocenters. The van der Waals surface area contributed by atoms with Gasteiger partial charge in [0.2, 0.25) is 0 Å². The summed E-state index contributed by atoms with van der Waals surface area (Å²) in [6.07, 6.45) is 0.187. The maximum atomic E-state index is 12.8. The van der Waals surface area contributed by atoms with Crippen molar-refractivity contribution in [2.24, 2.45) is 5.73 Å². The zero-order chi connectivity index (χ0) is 10.4. The lowest BCUT2D eigenvalue weighted by atomic mass is 9.61. The molecule has 1 aliphatic carbocycles. The topological polar surface area (TPSA) is 58.3 Å². The third-order valence-corrected chi connectivity index (χ3v) is 3.51. The molecule has 1 heterocycles. The Morgan fingerprint density at radius 3 is 2.07 bits per heavy atom. The van der Waals surface area contributed by atoms with Gasteiger partial charge in [0.15, 0.2) is 0 Å². The van der Waals surface area contributed by atoms with Crippen LogP contribution < -0.4 is 11.1 Å². The van der Waals surface area contributed by atoms with Crippen molar-refractivity contribution >= 4 is 0 Å². The molecule has 1 saturated heterocycles. The van der Waals surface area contributed by atoms with Crippen molar-refractivity contribution < 1.29 is 13.9 Å². The highest BCUT2D eigenvalue weighted by Crippen LogP contribution is 2.51. The zero-order valence-electron chi connectivity index (χ0n) is 8.02. The zero-order valence-corrected chi connectivity index (χ0v) is 8.02. The molecule has 0 aromatic carbocycles. The number of nitrogens with one attached hydrogen (secondary N) is 1. The molecule has 3 nitrogen and oxygen atoms in total. The van der Waals surface area contributed by atoms with E-state index in [0.29, 0.717) is 25.9 Å². The molecule has 2 aliphatic rings. The van der Waals surface area contributed by atoms with Gasteiger partial charge in [-0.2, -0.15) is 0 Å². The van der Waals surface area contributed by atoms with Gasteiger partial charge in [-0.05, 0) is 25.9 Å². The maximum Gasteiger partial charge on any atom is 0.251 e. The Hall–Kier alpha value is -0.260. The first-order chi connectivity index (χ1) is 6.37. The van der Waals surface area contributed by atoms with Crippen LogP contribution in [0.15, 0.2) is 0 Å². The first-order valence-corrected chi connectivity index (χ1v) is 4.97. The molecule has 82 valence electrons. The highest BCUT2D eigenvalue weighted by molar-refractivity contribution is 5.15. The van der Waals surface area contributed by atoms with Crippen molar-refractivity contribution in [1.29, 1.82) is 0 Å². The van der Waals surface area contributed by atoms with E-state index in [1.54, 1.807) is 0 Å². The van der Waals surface area contributed by atoms with Crippen LogP contribution in [0.4, 0.5) is 8.78 Å². The second kappa shape index (κ2) is 2.87. The molecule has 0 amide bonds. The number of rotatable bonds is 1. The summed E-state index contributed by atoms with van der Waals surface area (Å²) in [6, 6.07) is 0. The van der Waals surface area contributed by atoms with Crippen LogP contribution in [0.25, 0.3) is 0 Å². The summed E-state index contributed by atoms with van der Waals surface area (Å²) < 4.78 is 25.5. The highest BCUT2D eigenvalue weighted by Gasteiger charge is 2.63. The molecular weight excluding hydrogens is 190 g/mol. The number of aliphatic hydroxyl groups is 1. The molecule has 1 aliphatic heterocycles. The molecule has 0 bridgehead atoms. The molecule has 14 heavy (non-hydrogen) atoms. The Labute approximate surface area is 81.7 Å². The molecule has 1 saturated carbocycles. The predicted molar refractivity (Wildman–Crippen MR) is 48.2 cm³/mol. The van der Waals surface area contributed by atoms with Gasteiger partial charge in [0.1, 0.15) is 0 Å². The third kappa shape index (κ3) is 1.43. The summed E-state index contributed by atoms with van der Waals surface area (Å²) in [5.74, 6) is -2.67. The van der Waals surface area contributed by atoms with E-state index >= 15 is 0 Å². The molecule has 4 N–H and O–H groups in total. The van der Waals surface area contributed by atoms with Gasteiger partial charge in [-0.1, -0.05) is 0 Å². The summed E-state index contributed by atoms with van der Waals surface area (Å²) >= 11 is 0. The van der Waals surface area contributed by atoms with E-state index in [9.17, 15) is 13.9 Å². The monoisotopic (exact) mass is 206 g/mol. The van der Waals surface area contributed by atoms with Crippen LogP contribution in [0, 0.1) is 0 Å². The average molecular weight is 206 g/mol. The summed E-state index contributed by atoms with van der Waals surface area (Å²) in [7, 11) is 0. The smallest absolute Gasteiger partial charge is 0.251 e. The fraction of sp³-hybridized carbons (Fsp3) is 1.00. The van der Waals surface area contributed by atoms with Gasteiger partial charge in [0, 0.05) is 12.8 Å². The van der Waals surface area contributed by atoms with Crippen LogP contribution in [-0.2, 0) is 0 Å². The van der Waals surface area contributed by atoms with Crippen LogP contribution in [0.5, 0.6) is 0 Å². The van der Waals surface area contributed by atoms with E-state index in [-0.39, 0.29) is 12.8 Å². The van der Waals surface area contributed by atoms with Crippen LogP contribution in [0.2, 0.25) is 0 Å². The number of hydrogen-bond acceptors (Lipinski definition) is 3. The average Bonchev–Trinajstić information content (AvgIpc) is 2.01. The summed E-state index contributed by atoms with van der Waals surface area (Å²) in [5.41, 5.74) is 3.66. The molecule has 0 atom stereocenters. The van der Waals surface area contributed by atoms with Crippen LogP contribution >= 0.6 is 0 Å². The number of alkyl halides is 2. The van der Waals surface area contributed by atoms with E-state index in [0.717, 1.165) is 0 Å². The van der Waals surface area contributed by atoms with E-state index < -0.39 is 17.1 Å². The normalized spacial score (nSPS) is 33.4. The summed E-state index contributed by atoms with van der Waals surface area (Å²) in [5, 5.41) is 13.3. The Morgan fingerprint density at radius 1 is 1.14 bits per heavy atom. The van der Waals surface area contributed by atoms with E-state index in [1.165, 1.54) is 0 Å². The lowest BCUT2D eigenvalue weighted by Gasteiger charge is -2.55. The first kappa shape index (κ1) is 10.3. The molecule has 5 heteroatoms. The van der Waals surface area contributed by atoms with Crippen molar-refractivity contribution in [3.63, 3.8) is 0 Å². The number of halogens is 2. The van der Waals surface area contributed by atoms with Gasteiger partial charge in [-0.3, -0.25) is 0 Å². The van der Waals surface area contributed by atoms with E-state index in [2.05, 4.69) is 5.32 Å². The molecule has 2 rings (SSSR count). The summed E-state index contributed by atoms with van der Waals surface area (Å²) in [4.78, 5) is 0. The van der Waals surface area contributed by atoms with Gasteiger partial charge in [-0.15, -0.1) is 0 Å². The lowest BCUT2D eigenvalue weighted by Crippen LogP contribution is -2.72. The molecular formula is C9H16F2N2O. The van der Waals surface area contributed by atoms with E-state index in [4.69, 9.17) is 5.73 Å². The molecule has 2 fully saturated rings. The minimum absolute atomic E-state index is 0.378. The minimum atomic E-state index is -2.67. The fourth-order valence-electron chi connectivity index (χ4n) is 2.54. The Morgan fingerprint density at radius 2 is 1.64 bits per heavy atom. The lowest BCUT2D eigenvalue weighted by molar-refractivity contribution is -0.197. The van der Waals surface area contributed by atoms with Crippen LogP contribution in [0.1, 0.15) is 25.7 Å². The Balaban J connectivity index is 2.07. The van der Waals surface area contributed by atoms with Gasteiger partial charge < -0.3 is 16.2 Å². The van der Waals surface area contributed by atoms with Gasteiger partial charge in [-0.25, -0.2) is 8.78 Å². The number of hydrogen-bond donors (Lipinski definition) is 3. The SMILES string of the molecule is NC1(C2(O)CCNCC2)CC(F)(F)C1. The van der Waals surface area contributed by atoms with Crippen molar-refractivity contribution in [3.05, 3.63) is 0 Å².